The molecular weight excluding hydrogens is 264 g/mol. The number of unbranched alkanes of at least 4 members (excludes halogenated alkanes) is 1. The minimum Gasteiger partial charge on any atom is -0.469 e. The number of rotatable bonds is 9. The van der Waals surface area contributed by atoms with Gasteiger partial charge in [-0.25, -0.2) is 9.59 Å². The summed E-state index contributed by atoms with van der Waals surface area (Å²) < 4.78 is 14.5. The molecule has 0 spiro atoms. The second-order valence-electron chi connectivity index (χ2n) is 4.31. The highest BCUT2D eigenvalue weighted by Crippen LogP contribution is 2.13. The topological polar surface area (TPSA) is 78.9 Å². The van der Waals surface area contributed by atoms with Gasteiger partial charge in [0, 0.05) is 12.5 Å². The maximum Gasteiger partial charge on any atom is 0.347 e. The predicted molar refractivity (Wildman–Crippen MR) is 71.7 cm³/mol. The van der Waals surface area contributed by atoms with Crippen molar-refractivity contribution >= 4 is 17.9 Å². The molecule has 20 heavy (non-hydrogen) atoms. The van der Waals surface area contributed by atoms with Crippen LogP contribution in [0.25, 0.3) is 0 Å². The van der Waals surface area contributed by atoms with Crippen molar-refractivity contribution in [1.82, 2.24) is 0 Å². The molecule has 0 amide bonds. The second kappa shape index (κ2) is 10.00. The molecule has 0 saturated heterocycles. The summed E-state index contributed by atoms with van der Waals surface area (Å²) in [6, 6.07) is 0. The van der Waals surface area contributed by atoms with Crippen LogP contribution < -0.4 is 0 Å². The minimum atomic E-state index is -1.13. The number of carbonyl (C=O) groups excluding carboxylic acids is 3. The fourth-order valence-corrected chi connectivity index (χ4v) is 1.41. The van der Waals surface area contributed by atoms with Crippen molar-refractivity contribution in [3.05, 3.63) is 12.7 Å². The van der Waals surface area contributed by atoms with Gasteiger partial charge in [-0.05, 0) is 6.42 Å². The molecule has 6 nitrogen and oxygen atoms in total. The molecule has 0 aromatic rings. The third kappa shape index (κ3) is 6.92. The molecule has 0 aliphatic heterocycles. The van der Waals surface area contributed by atoms with Crippen molar-refractivity contribution in [3.63, 3.8) is 0 Å². The first-order valence-electron chi connectivity index (χ1n) is 6.53. The molecule has 6 heteroatoms. The summed E-state index contributed by atoms with van der Waals surface area (Å²) in [5.74, 6) is -2.46. The van der Waals surface area contributed by atoms with Crippen LogP contribution in [0.15, 0.2) is 12.7 Å². The average molecular weight is 286 g/mol. The Kier molecular flexibility index (Phi) is 9.07. The number of hydrogen-bond acceptors (Lipinski definition) is 6. The largest absolute Gasteiger partial charge is 0.469 e. The van der Waals surface area contributed by atoms with Gasteiger partial charge < -0.3 is 14.2 Å². The van der Waals surface area contributed by atoms with Crippen LogP contribution in [0.5, 0.6) is 0 Å². The Morgan fingerprint density at radius 2 is 1.90 bits per heavy atom. The quantitative estimate of drug-likeness (QED) is 0.277. The molecule has 2 atom stereocenters. The number of esters is 3. The van der Waals surface area contributed by atoms with Gasteiger partial charge in [0.25, 0.3) is 0 Å². The van der Waals surface area contributed by atoms with E-state index in [0.29, 0.717) is 0 Å². The number of methoxy groups -OCH3 is 1. The minimum absolute atomic E-state index is 0.0111. The Labute approximate surface area is 119 Å². The van der Waals surface area contributed by atoms with Crippen LogP contribution in [-0.4, -0.2) is 37.7 Å². The van der Waals surface area contributed by atoms with Gasteiger partial charge in [-0.15, -0.1) is 0 Å². The van der Waals surface area contributed by atoms with Gasteiger partial charge >= 0.3 is 17.9 Å². The van der Waals surface area contributed by atoms with Crippen LogP contribution in [0, 0.1) is 5.92 Å². The summed E-state index contributed by atoms with van der Waals surface area (Å²) in [6.07, 6.45) is 1.43. The van der Waals surface area contributed by atoms with Crippen molar-refractivity contribution in [2.24, 2.45) is 5.92 Å². The third-order valence-electron chi connectivity index (χ3n) is 2.60. The molecule has 114 valence electrons. The van der Waals surface area contributed by atoms with E-state index in [1.165, 1.54) is 7.11 Å². The van der Waals surface area contributed by atoms with Crippen molar-refractivity contribution < 1.29 is 28.6 Å². The van der Waals surface area contributed by atoms with Crippen LogP contribution >= 0.6 is 0 Å². The summed E-state index contributed by atoms with van der Waals surface area (Å²) in [5, 5.41) is 0. The molecule has 0 aromatic carbocycles. The molecular formula is C14H22O6. The van der Waals surface area contributed by atoms with Gasteiger partial charge in [0.05, 0.1) is 19.6 Å². The SMILES string of the molecule is C=CC(=O)OC(CC(C)C(=O)OC)C(=O)OCCCC. The van der Waals surface area contributed by atoms with Crippen LogP contribution in [0.2, 0.25) is 0 Å². The molecule has 0 rings (SSSR count). The van der Waals surface area contributed by atoms with Crippen molar-refractivity contribution in [3.8, 4) is 0 Å². The van der Waals surface area contributed by atoms with Crippen molar-refractivity contribution in [2.45, 2.75) is 39.2 Å². The first-order valence-corrected chi connectivity index (χ1v) is 6.53. The van der Waals surface area contributed by atoms with Gasteiger partial charge in [-0.2, -0.15) is 0 Å². The van der Waals surface area contributed by atoms with E-state index in [1.807, 2.05) is 6.92 Å². The lowest BCUT2D eigenvalue weighted by Gasteiger charge is -2.18. The Hall–Kier alpha value is -1.85. The molecule has 2 unspecified atom stereocenters. The van der Waals surface area contributed by atoms with Crippen LogP contribution in [-0.2, 0) is 28.6 Å². The van der Waals surface area contributed by atoms with Gasteiger partial charge in [0.2, 0.25) is 0 Å². The Bertz CT molecular complexity index is 350. The molecule has 0 N–H and O–H groups in total. The highest BCUT2D eigenvalue weighted by molar-refractivity contribution is 5.85. The van der Waals surface area contributed by atoms with E-state index >= 15 is 0 Å². The highest BCUT2D eigenvalue weighted by Gasteiger charge is 2.29. The molecule has 0 aliphatic carbocycles. The summed E-state index contributed by atoms with van der Waals surface area (Å²) in [6.45, 7) is 7.06. The lowest BCUT2D eigenvalue weighted by Crippen LogP contribution is -2.32. The molecule has 0 aromatic heterocycles. The smallest absolute Gasteiger partial charge is 0.347 e. The van der Waals surface area contributed by atoms with Crippen LogP contribution in [0.4, 0.5) is 0 Å². The fourth-order valence-electron chi connectivity index (χ4n) is 1.41. The molecule has 0 radical (unpaired) electrons. The van der Waals surface area contributed by atoms with Crippen molar-refractivity contribution in [2.75, 3.05) is 13.7 Å². The van der Waals surface area contributed by atoms with E-state index < -0.39 is 29.9 Å². The van der Waals surface area contributed by atoms with E-state index in [1.54, 1.807) is 6.92 Å². The summed E-state index contributed by atoms with van der Waals surface area (Å²) >= 11 is 0. The van der Waals surface area contributed by atoms with Gasteiger partial charge in [0.1, 0.15) is 0 Å². The lowest BCUT2D eigenvalue weighted by atomic mass is 10.0. The number of ether oxygens (including phenoxy) is 3. The zero-order valence-corrected chi connectivity index (χ0v) is 12.2. The van der Waals surface area contributed by atoms with Gasteiger partial charge in [-0.3, -0.25) is 4.79 Å². The highest BCUT2D eigenvalue weighted by atomic mass is 16.6. The Balaban J connectivity index is 4.62. The van der Waals surface area contributed by atoms with E-state index in [-0.39, 0.29) is 13.0 Å². The summed E-state index contributed by atoms with van der Waals surface area (Å²) in [5.41, 5.74) is 0. The van der Waals surface area contributed by atoms with E-state index in [2.05, 4.69) is 11.3 Å². The number of carbonyl (C=O) groups is 3. The number of hydrogen-bond donors (Lipinski definition) is 0. The standard InChI is InChI=1S/C14H22O6/c1-5-7-8-19-14(17)11(20-12(15)6-2)9-10(3)13(16)18-4/h6,10-11H,2,5,7-9H2,1,3-4H3. The first kappa shape index (κ1) is 18.1. The van der Waals surface area contributed by atoms with Crippen LogP contribution in [0.3, 0.4) is 0 Å². The van der Waals surface area contributed by atoms with Crippen LogP contribution in [0.1, 0.15) is 33.1 Å². The monoisotopic (exact) mass is 286 g/mol. The van der Waals surface area contributed by atoms with Gasteiger partial charge in [-0.1, -0.05) is 26.8 Å². The summed E-state index contributed by atoms with van der Waals surface area (Å²) in [7, 11) is 1.25. The molecule has 0 bridgehead atoms. The zero-order valence-electron chi connectivity index (χ0n) is 12.2. The maximum atomic E-state index is 11.8. The predicted octanol–water partition coefficient (Wildman–Crippen LogP) is 1.63. The van der Waals surface area contributed by atoms with Gasteiger partial charge in [0.15, 0.2) is 6.10 Å². The third-order valence-corrected chi connectivity index (χ3v) is 2.60. The second-order valence-corrected chi connectivity index (χ2v) is 4.31. The lowest BCUT2D eigenvalue weighted by molar-refractivity contribution is -0.167. The average Bonchev–Trinajstić information content (AvgIpc) is 2.45. The normalized spacial score (nSPS) is 12.9. The van der Waals surface area contributed by atoms with Crippen molar-refractivity contribution in [1.29, 1.82) is 0 Å². The fraction of sp³-hybridized carbons (Fsp3) is 0.643. The molecule has 0 saturated carbocycles. The molecule has 0 fully saturated rings. The summed E-state index contributed by atoms with van der Waals surface area (Å²) in [4.78, 5) is 34.4. The molecule has 0 aliphatic rings. The van der Waals surface area contributed by atoms with E-state index in [9.17, 15) is 14.4 Å². The van der Waals surface area contributed by atoms with E-state index in [0.717, 1.165) is 18.9 Å². The zero-order chi connectivity index (χ0) is 15.5. The first-order chi connectivity index (χ1) is 9.46. The molecule has 0 heterocycles. The Morgan fingerprint density at radius 3 is 2.40 bits per heavy atom. The maximum absolute atomic E-state index is 11.8. The Morgan fingerprint density at radius 1 is 1.25 bits per heavy atom. The van der Waals surface area contributed by atoms with E-state index in [4.69, 9.17) is 9.47 Å².